The Morgan fingerprint density at radius 3 is 2.77 bits per heavy atom. The lowest BCUT2D eigenvalue weighted by Crippen LogP contribution is -2.12. The molecular formula is C15H9Cl2FN2OS. The van der Waals surface area contributed by atoms with Crippen molar-refractivity contribution in [1.82, 2.24) is 4.98 Å². The van der Waals surface area contributed by atoms with Crippen molar-refractivity contribution in [3.63, 3.8) is 0 Å². The summed E-state index contributed by atoms with van der Waals surface area (Å²) in [4.78, 5) is 16.5. The normalized spacial score (nSPS) is 10.9. The van der Waals surface area contributed by atoms with Crippen LogP contribution in [-0.2, 0) is 0 Å². The molecule has 0 aliphatic heterocycles. The number of halogens is 3. The van der Waals surface area contributed by atoms with Crippen LogP contribution < -0.4 is 5.32 Å². The van der Waals surface area contributed by atoms with E-state index >= 15 is 0 Å². The SMILES string of the molecule is Cc1ccc2nc(NC(=O)c3cc(F)c(Cl)cc3Cl)sc2c1. The first-order valence-corrected chi connectivity index (χ1v) is 7.84. The Balaban J connectivity index is 1.91. The van der Waals surface area contributed by atoms with Crippen LogP contribution >= 0.6 is 34.5 Å². The van der Waals surface area contributed by atoms with Gasteiger partial charge in [-0.3, -0.25) is 10.1 Å². The molecule has 0 atom stereocenters. The summed E-state index contributed by atoms with van der Waals surface area (Å²) in [5, 5.41) is 3.01. The molecular weight excluding hydrogens is 346 g/mol. The number of hydrogen-bond acceptors (Lipinski definition) is 3. The van der Waals surface area contributed by atoms with Gasteiger partial charge in [0.15, 0.2) is 5.13 Å². The Morgan fingerprint density at radius 2 is 2.00 bits per heavy atom. The molecule has 3 aromatic rings. The van der Waals surface area contributed by atoms with Gasteiger partial charge in [0.25, 0.3) is 5.91 Å². The van der Waals surface area contributed by atoms with Crippen molar-refractivity contribution in [1.29, 1.82) is 0 Å². The van der Waals surface area contributed by atoms with Crippen LogP contribution in [0.4, 0.5) is 9.52 Å². The summed E-state index contributed by atoms with van der Waals surface area (Å²) in [7, 11) is 0. The third kappa shape index (κ3) is 2.92. The van der Waals surface area contributed by atoms with Crippen molar-refractivity contribution in [2.75, 3.05) is 5.32 Å². The molecule has 0 saturated heterocycles. The number of nitrogens with zero attached hydrogens (tertiary/aromatic N) is 1. The molecule has 1 aromatic heterocycles. The second-order valence-corrected chi connectivity index (χ2v) is 6.54. The van der Waals surface area contributed by atoms with E-state index in [-0.39, 0.29) is 15.6 Å². The molecule has 1 heterocycles. The van der Waals surface area contributed by atoms with E-state index in [4.69, 9.17) is 23.2 Å². The predicted octanol–water partition coefficient (Wildman–Crippen LogP) is 5.30. The van der Waals surface area contributed by atoms with Crippen LogP contribution in [0.5, 0.6) is 0 Å². The third-order valence-corrected chi connectivity index (χ3v) is 4.55. The molecule has 7 heteroatoms. The van der Waals surface area contributed by atoms with Crippen molar-refractivity contribution >= 4 is 55.8 Å². The van der Waals surface area contributed by atoms with Gasteiger partial charge in [-0.15, -0.1) is 0 Å². The van der Waals surface area contributed by atoms with E-state index < -0.39 is 11.7 Å². The van der Waals surface area contributed by atoms with Gasteiger partial charge >= 0.3 is 0 Å². The number of carbonyl (C=O) groups is 1. The molecule has 0 aliphatic rings. The summed E-state index contributed by atoms with van der Waals surface area (Å²) in [6, 6.07) is 8.02. The summed E-state index contributed by atoms with van der Waals surface area (Å²) < 4.78 is 14.4. The molecule has 0 spiro atoms. The number of aryl methyl sites for hydroxylation is 1. The number of fused-ring (bicyclic) bond motifs is 1. The molecule has 3 nitrogen and oxygen atoms in total. The van der Waals surface area contributed by atoms with E-state index in [1.165, 1.54) is 17.4 Å². The summed E-state index contributed by atoms with van der Waals surface area (Å²) in [5.74, 6) is -1.23. The predicted molar refractivity (Wildman–Crippen MR) is 88.7 cm³/mol. The lowest BCUT2D eigenvalue weighted by Gasteiger charge is -2.05. The van der Waals surface area contributed by atoms with Crippen LogP contribution in [0.3, 0.4) is 0 Å². The van der Waals surface area contributed by atoms with Crippen LogP contribution in [0.2, 0.25) is 10.0 Å². The third-order valence-electron chi connectivity index (χ3n) is 3.02. The van der Waals surface area contributed by atoms with Gasteiger partial charge in [0.1, 0.15) is 5.82 Å². The van der Waals surface area contributed by atoms with Crippen LogP contribution in [0.25, 0.3) is 10.2 Å². The highest BCUT2D eigenvalue weighted by Crippen LogP contribution is 2.29. The van der Waals surface area contributed by atoms with Crippen molar-refractivity contribution in [2.24, 2.45) is 0 Å². The number of anilines is 1. The molecule has 0 bridgehead atoms. The minimum Gasteiger partial charge on any atom is -0.298 e. The summed E-state index contributed by atoms with van der Waals surface area (Å²) in [5.41, 5.74) is 1.91. The fourth-order valence-electron chi connectivity index (χ4n) is 1.95. The van der Waals surface area contributed by atoms with Gasteiger partial charge in [-0.1, -0.05) is 40.6 Å². The smallest absolute Gasteiger partial charge is 0.259 e. The van der Waals surface area contributed by atoms with Crippen LogP contribution in [0.1, 0.15) is 15.9 Å². The molecule has 2 aromatic carbocycles. The number of amides is 1. The first-order chi connectivity index (χ1) is 10.4. The van der Waals surface area contributed by atoms with Crippen LogP contribution in [0.15, 0.2) is 30.3 Å². The fourth-order valence-corrected chi connectivity index (χ4v) is 3.37. The highest BCUT2D eigenvalue weighted by atomic mass is 35.5. The Morgan fingerprint density at radius 1 is 1.23 bits per heavy atom. The highest BCUT2D eigenvalue weighted by molar-refractivity contribution is 7.22. The van der Waals surface area contributed by atoms with E-state index in [2.05, 4.69) is 10.3 Å². The Labute approximate surface area is 139 Å². The number of aromatic nitrogens is 1. The van der Waals surface area contributed by atoms with Gasteiger partial charge in [-0.25, -0.2) is 9.37 Å². The van der Waals surface area contributed by atoms with Gasteiger partial charge in [-0.2, -0.15) is 0 Å². The zero-order chi connectivity index (χ0) is 15.9. The van der Waals surface area contributed by atoms with Gasteiger partial charge in [0.2, 0.25) is 0 Å². The van der Waals surface area contributed by atoms with Gasteiger partial charge < -0.3 is 0 Å². The van der Waals surface area contributed by atoms with Gasteiger partial charge in [-0.05, 0) is 36.8 Å². The van der Waals surface area contributed by atoms with E-state index in [0.717, 1.165) is 21.8 Å². The quantitative estimate of drug-likeness (QED) is 0.634. The first-order valence-electron chi connectivity index (χ1n) is 6.27. The monoisotopic (exact) mass is 354 g/mol. The number of benzene rings is 2. The van der Waals surface area contributed by atoms with Crippen molar-refractivity contribution in [3.05, 3.63) is 57.3 Å². The fraction of sp³-hybridized carbons (Fsp3) is 0.0667. The molecule has 1 N–H and O–H groups in total. The second-order valence-electron chi connectivity index (χ2n) is 4.69. The number of thiazole rings is 1. The average molecular weight is 355 g/mol. The van der Waals surface area contributed by atoms with Crippen LogP contribution in [0, 0.1) is 12.7 Å². The lowest BCUT2D eigenvalue weighted by molar-refractivity contribution is 0.102. The van der Waals surface area contributed by atoms with E-state index in [1.807, 2.05) is 25.1 Å². The number of hydrogen-bond donors (Lipinski definition) is 1. The van der Waals surface area contributed by atoms with E-state index in [9.17, 15) is 9.18 Å². The molecule has 22 heavy (non-hydrogen) atoms. The number of nitrogens with one attached hydrogen (secondary N) is 1. The van der Waals surface area contributed by atoms with E-state index in [1.54, 1.807) is 0 Å². The second kappa shape index (κ2) is 5.83. The maximum absolute atomic E-state index is 13.5. The molecule has 0 saturated carbocycles. The standard InChI is InChI=1S/C15H9Cl2FN2OS/c1-7-2-3-12-13(4-7)22-15(19-12)20-14(21)8-5-11(18)10(17)6-9(8)16/h2-6H,1H3,(H,19,20,21). The van der Waals surface area contributed by atoms with Crippen molar-refractivity contribution in [2.45, 2.75) is 6.92 Å². The Hall–Kier alpha value is -1.69. The largest absolute Gasteiger partial charge is 0.298 e. The van der Waals surface area contributed by atoms with Crippen molar-refractivity contribution in [3.8, 4) is 0 Å². The number of rotatable bonds is 2. The van der Waals surface area contributed by atoms with E-state index in [0.29, 0.717) is 5.13 Å². The summed E-state index contributed by atoms with van der Waals surface area (Å²) in [6.07, 6.45) is 0. The Kier molecular flexibility index (Phi) is 4.04. The molecule has 3 rings (SSSR count). The van der Waals surface area contributed by atoms with Gasteiger partial charge in [0.05, 0.1) is 25.8 Å². The molecule has 0 unspecified atom stereocenters. The molecule has 0 radical (unpaired) electrons. The maximum atomic E-state index is 13.5. The minimum absolute atomic E-state index is 0.0130. The summed E-state index contributed by atoms with van der Waals surface area (Å²) in [6.45, 7) is 1.98. The maximum Gasteiger partial charge on any atom is 0.259 e. The zero-order valence-electron chi connectivity index (χ0n) is 11.3. The molecule has 1 amide bonds. The Bertz CT molecular complexity index is 895. The van der Waals surface area contributed by atoms with Gasteiger partial charge in [0, 0.05) is 0 Å². The topological polar surface area (TPSA) is 42.0 Å². The zero-order valence-corrected chi connectivity index (χ0v) is 13.6. The van der Waals surface area contributed by atoms with Crippen molar-refractivity contribution < 1.29 is 9.18 Å². The molecule has 0 fully saturated rings. The first kappa shape index (κ1) is 15.2. The molecule has 0 aliphatic carbocycles. The molecule has 112 valence electrons. The van der Waals surface area contributed by atoms with Crippen LogP contribution in [-0.4, -0.2) is 10.9 Å². The summed E-state index contributed by atoms with van der Waals surface area (Å²) >= 11 is 12.9. The average Bonchev–Trinajstić information content (AvgIpc) is 2.83. The highest BCUT2D eigenvalue weighted by Gasteiger charge is 2.16. The minimum atomic E-state index is -0.698. The lowest BCUT2D eigenvalue weighted by atomic mass is 10.2. The number of carbonyl (C=O) groups excluding carboxylic acids is 1.